The van der Waals surface area contributed by atoms with Crippen LogP contribution in [0.2, 0.25) is 0 Å². The summed E-state index contributed by atoms with van der Waals surface area (Å²) in [6.07, 6.45) is 2.11. The second kappa shape index (κ2) is 7.62. The Kier molecular flexibility index (Phi) is 6.85. The molecule has 0 radical (unpaired) electrons. The number of hydrogen-bond acceptors (Lipinski definition) is 4. The highest BCUT2D eigenvalue weighted by Crippen LogP contribution is 2.30. The smallest absolute Gasteiger partial charge is 0.0791 e. The molecule has 0 aromatic carbocycles. The van der Waals surface area contributed by atoms with E-state index in [-0.39, 0.29) is 6.10 Å². The molecule has 0 aromatic rings. The van der Waals surface area contributed by atoms with Crippen LogP contribution in [0.15, 0.2) is 0 Å². The highest BCUT2D eigenvalue weighted by molar-refractivity contribution is 8.00. The van der Waals surface area contributed by atoms with Crippen molar-refractivity contribution in [2.24, 2.45) is 0 Å². The van der Waals surface area contributed by atoms with E-state index in [4.69, 9.17) is 0 Å². The number of aliphatic hydroxyl groups is 1. The molecule has 1 unspecified atom stereocenters. The maximum absolute atomic E-state index is 9.94. The van der Waals surface area contributed by atoms with E-state index in [1.54, 1.807) is 0 Å². The van der Waals surface area contributed by atoms with Crippen LogP contribution in [-0.4, -0.2) is 59.3 Å². The molecule has 1 aliphatic heterocycles. The molecule has 4 heteroatoms. The average molecular weight is 260 g/mol. The Labute approximate surface area is 110 Å². The predicted molar refractivity (Wildman–Crippen MR) is 76.8 cm³/mol. The van der Waals surface area contributed by atoms with Gasteiger partial charge in [0.2, 0.25) is 0 Å². The Balaban J connectivity index is 2.22. The summed E-state index contributed by atoms with van der Waals surface area (Å²) in [4.78, 5) is 2.40. The average Bonchev–Trinajstić information content (AvgIpc) is 2.41. The summed E-state index contributed by atoms with van der Waals surface area (Å²) in [7, 11) is 0. The van der Waals surface area contributed by atoms with Crippen molar-refractivity contribution in [3.05, 3.63) is 0 Å². The summed E-state index contributed by atoms with van der Waals surface area (Å²) < 4.78 is 0.403. The maximum Gasteiger partial charge on any atom is 0.0791 e. The minimum Gasteiger partial charge on any atom is -0.390 e. The Morgan fingerprint density at radius 3 is 2.88 bits per heavy atom. The number of nitrogens with one attached hydrogen (secondary N) is 1. The molecule has 102 valence electrons. The number of hydrogen-bond donors (Lipinski definition) is 2. The molecule has 1 saturated heterocycles. The minimum absolute atomic E-state index is 0.229. The van der Waals surface area contributed by atoms with E-state index in [1.165, 1.54) is 12.2 Å². The van der Waals surface area contributed by atoms with E-state index in [0.717, 1.165) is 39.1 Å². The molecule has 0 aromatic heterocycles. The molecule has 1 heterocycles. The fourth-order valence-corrected chi connectivity index (χ4v) is 3.19. The van der Waals surface area contributed by atoms with Crippen molar-refractivity contribution in [1.29, 1.82) is 0 Å². The number of rotatable bonds is 6. The first-order chi connectivity index (χ1) is 8.03. The first-order valence-corrected chi connectivity index (χ1v) is 7.77. The largest absolute Gasteiger partial charge is 0.390 e. The highest BCUT2D eigenvalue weighted by atomic mass is 32.2. The molecule has 2 N–H and O–H groups in total. The molecule has 1 rings (SSSR count). The van der Waals surface area contributed by atoms with Crippen LogP contribution in [-0.2, 0) is 0 Å². The van der Waals surface area contributed by atoms with Gasteiger partial charge in [0.1, 0.15) is 0 Å². The highest BCUT2D eigenvalue weighted by Gasteiger charge is 2.24. The summed E-state index contributed by atoms with van der Waals surface area (Å²) in [6, 6.07) is 0. The second-order valence-electron chi connectivity index (χ2n) is 5.52. The maximum atomic E-state index is 9.94. The lowest BCUT2D eigenvalue weighted by Gasteiger charge is -2.24. The molecule has 0 saturated carbocycles. The van der Waals surface area contributed by atoms with Crippen LogP contribution < -0.4 is 5.32 Å². The Bertz CT molecular complexity index is 212. The topological polar surface area (TPSA) is 35.5 Å². The van der Waals surface area contributed by atoms with Gasteiger partial charge in [-0.1, -0.05) is 20.8 Å². The molecule has 1 aliphatic rings. The van der Waals surface area contributed by atoms with Crippen LogP contribution >= 0.6 is 11.8 Å². The zero-order valence-electron chi connectivity index (χ0n) is 11.5. The van der Waals surface area contributed by atoms with Crippen molar-refractivity contribution < 1.29 is 5.11 Å². The quantitative estimate of drug-likeness (QED) is 0.711. The lowest BCUT2D eigenvalue weighted by molar-refractivity contribution is 0.114. The van der Waals surface area contributed by atoms with Crippen molar-refractivity contribution in [3.63, 3.8) is 0 Å². The third-order valence-electron chi connectivity index (χ3n) is 3.21. The van der Waals surface area contributed by atoms with Crippen molar-refractivity contribution in [1.82, 2.24) is 10.2 Å². The fraction of sp³-hybridized carbons (Fsp3) is 1.00. The lowest BCUT2D eigenvalue weighted by atomic mass is 10.1. The second-order valence-corrected chi connectivity index (χ2v) is 7.32. The van der Waals surface area contributed by atoms with Gasteiger partial charge in [-0.15, -0.1) is 0 Å². The van der Waals surface area contributed by atoms with Crippen molar-refractivity contribution in [2.75, 3.05) is 38.5 Å². The van der Waals surface area contributed by atoms with E-state index < -0.39 is 0 Å². The molecule has 3 nitrogen and oxygen atoms in total. The molecule has 1 fully saturated rings. The van der Waals surface area contributed by atoms with Gasteiger partial charge in [-0.25, -0.2) is 0 Å². The van der Waals surface area contributed by atoms with Crippen LogP contribution in [0.1, 0.15) is 33.6 Å². The fourth-order valence-electron chi connectivity index (χ4n) is 2.05. The molecule has 17 heavy (non-hydrogen) atoms. The molecule has 0 amide bonds. The van der Waals surface area contributed by atoms with Gasteiger partial charge in [-0.2, -0.15) is 11.8 Å². The van der Waals surface area contributed by atoms with Gasteiger partial charge >= 0.3 is 0 Å². The summed E-state index contributed by atoms with van der Waals surface area (Å²) >= 11 is 2.05. The van der Waals surface area contributed by atoms with Crippen molar-refractivity contribution >= 4 is 11.8 Å². The summed E-state index contributed by atoms with van der Waals surface area (Å²) in [5.74, 6) is 1.18. The zero-order chi connectivity index (χ0) is 12.7. The summed E-state index contributed by atoms with van der Waals surface area (Å²) in [5, 5.41) is 13.2. The van der Waals surface area contributed by atoms with Crippen LogP contribution in [0, 0.1) is 0 Å². The standard InChI is InChI=1S/C13H28N2OS/c1-4-6-14-10-12(16)11-15-7-5-13(2,3)17-9-8-15/h12,14,16H,4-11H2,1-3H3. The Hall–Kier alpha value is 0.230. The lowest BCUT2D eigenvalue weighted by Crippen LogP contribution is -2.39. The van der Waals surface area contributed by atoms with Crippen LogP contribution in [0.4, 0.5) is 0 Å². The SMILES string of the molecule is CCCNCC(O)CN1CCSC(C)(C)CC1. The normalized spacial score (nSPS) is 23.3. The van der Waals surface area contributed by atoms with Gasteiger partial charge in [-0.05, 0) is 25.9 Å². The minimum atomic E-state index is -0.229. The molecular formula is C13H28N2OS. The third kappa shape index (κ3) is 6.65. The van der Waals surface area contributed by atoms with Gasteiger partial charge in [0.05, 0.1) is 6.10 Å². The van der Waals surface area contributed by atoms with Crippen molar-refractivity contribution in [2.45, 2.75) is 44.5 Å². The number of β-amino-alcohol motifs (C(OH)–C–C–N with tert-alkyl or cyclic N) is 1. The van der Waals surface area contributed by atoms with E-state index in [1.807, 2.05) is 0 Å². The first kappa shape index (κ1) is 15.3. The van der Waals surface area contributed by atoms with E-state index >= 15 is 0 Å². The van der Waals surface area contributed by atoms with Crippen LogP contribution in [0.25, 0.3) is 0 Å². The van der Waals surface area contributed by atoms with Gasteiger partial charge in [0, 0.05) is 30.1 Å². The van der Waals surface area contributed by atoms with Gasteiger partial charge in [-0.3, -0.25) is 4.90 Å². The number of thioether (sulfide) groups is 1. The predicted octanol–water partition coefficient (Wildman–Crippen LogP) is 1.56. The molecular weight excluding hydrogens is 232 g/mol. The molecule has 0 aliphatic carbocycles. The first-order valence-electron chi connectivity index (χ1n) is 6.78. The molecule has 1 atom stereocenters. The third-order valence-corrected chi connectivity index (χ3v) is 4.58. The molecule has 0 bridgehead atoms. The number of nitrogens with zero attached hydrogens (tertiary/aromatic N) is 1. The number of aliphatic hydroxyl groups excluding tert-OH is 1. The van der Waals surface area contributed by atoms with Gasteiger partial charge in [0.15, 0.2) is 0 Å². The Morgan fingerprint density at radius 1 is 1.41 bits per heavy atom. The van der Waals surface area contributed by atoms with Gasteiger partial charge < -0.3 is 10.4 Å². The monoisotopic (exact) mass is 260 g/mol. The van der Waals surface area contributed by atoms with Crippen molar-refractivity contribution in [3.8, 4) is 0 Å². The summed E-state index contributed by atoms with van der Waals surface area (Å²) in [5.41, 5.74) is 0. The summed E-state index contributed by atoms with van der Waals surface area (Å²) in [6.45, 7) is 11.5. The zero-order valence-corrected chi connectivity index (χ0v) is 12.4. The van der Waals surface area contributed by atoms with E-state index in [9.17, 15) is 5.11 Å². The van der Waals surface area contributed by atoms with Gasteiger partial charge in [0.25, 0.3) is 0 Å². The van der Waals surface area contributed by atoms with Crippen LogP contribution in [0.5, 0.6) is 0 Å². The van der Waals surface area contributed by atoms with E-state index in [2.05, 4.69) is 42.7 Å². The molecule has 0 spiro atoms. The van der Waals surface area contributed by atoms with E-state index in [0.29, 0.717) is 4.75 Å². The van der Waals surface area contributed by atoms with Crippen LogP contribution in [0.3, 0.4) is 0 Å². The Morgan fingerprint density at radius 2 is 2.18 bits per heavy atom.